The number of nitrogens with zero attached hydrogens (tertiary/aromatic N) is 1. The van der Waals surface area contributed by atoms with Gasteiger partial charge in [0.05, 0.1) is 12.2 Å². The standard InChI is InChI=1S/C16H34N2O3Si/c1-18(15(19)21-10-11-22(2,3)4)14(13-17)12-16(20)8-6-5-7-9-16/h14,20H,5-13,17H2,1-4H3. The van der Waals surface area contributed by atoms with Crippen LogP contribution in [0.4, 0.5) is 4.79 Å². The third-order valence-electron chi connectivity index (χ3n) is 4.59. The molecule has 5 nitrogen and oxygen atoms in total. The highest BCUT2D eigenvalue weighted by Gasteiger charge is 2.34. The molecule has 1 amide bonds. The van der Waals surface area contributed by atoms with Crippen LogP contribution >= 0.6 is 0 Å². The van der Waals surface area contributed by atoms with Crippen molar-refractivity contribution in [2.75, 3.05) is 20.2 Å². The highest BCUT2D eigenvalue weighted by molar-refractivity contribution is 6.76. The number of rotatable bonds is 7. The number of carbonyl (C=O) groups excluding carboxylic acids is 1. The van der Waals surface area contributed by atoms with Gasteiger partial charge in [0.15, 0.2) is 0 Å². The van der Waals surface area contributed by atoms with Gasteiger partial charge in [-0.25, -0.2) is 4.79 Å². The highest BCUT2D eigenvalue weighted by Crippen LogP contribution is 2.32. The van der Waals surface area contributed by atoms with E-state index in [2.05, 4.69) is 19.6 Å². The lowest BCUT2D eigenvalue weighted by Gasteiger charge is -2.37. The zero-order valence-corrected chi connectivity index (χ0v) is 15.7. The molecule has 0 bridgehead atoms. The lowest BCUT2D eigenvalue weighted by molar-refractivity contribution is -0.0227. The summed E-state index contributed by atoms with van der Waals surface area (Å²) in [5.41, 5.74) is 5.16. The molecule has 22 heavy (non-hydrogen) atoms. The van der Waals surface area contributed by atoms with Crippen LogP contribution in [0.3, 0.4) is 0 Å². The smallest absolute Gasteiger partial charge is 0.409 e. The van der Waals surface area contributed by atoms with E-state index in [1.807, 2.05) is 0 Å². The van der Waals surface area contributed by atoms with E-state index in [9.17, 15) is 9.90 Å². The number of nitrogens with two attached hydrogens (primary N) is 1. The van der Waals surface area contributed by atoms with Gasteiger partial charge in [0.1, 0.15) is 0 Å². The number of carbonyl (C=O) groups is 1. The Labute approximate surface area is 136 Å². The quantitative estimate of drug-likeness (QED) is 0.704. The maximum Gasteiger partial charge on any atom is 0.409 e. The fraction of sp³-hybridized carbons (Fsp3) is 0.938. The third kappa shape index (κ3) is 6.67. The maximum atomic E-state index is 12.2. The van der Waals surface area contributed by atoms with Gasteiger partial charge in [-0.2, -0.15) is 0 Å². The summed E-state index contributed by atoms with van der Waals surface area (Å²) >= 11 is 0. The highest BCUT2D eigenvalue weighted by atomic mass is 28.3. The van der Waals surface area contributed by atoms with Gasteiger partial charge in [0.2, 0.25) is 0 Å². The summed E-state index contributed by atoms with van der Waals surface area (Å²) in [5.74, 6) is 0. The number of hydrogen-bond donors (Lipinski definition) is 2. The molecule has 0 aliphatic heterocycles. The number of ether oxygens (including phenoxy) is 1. The normalized spacial score (nSPS) is 19.5. The fourth-order valence-corrected chi connectivity index (χ4v) is 3.64. The Morgan fingerprint density at radius 1 is 1.32 bits per heavy atom. The molecular formula is C16H34N2O3Si. The van der Waals surface area contributed by atoms with E-state index in [4.69, 9.17) is 10.5 Å². The molecule has 1 aliphatic rings. The van der Waals surface area contributed by atoms with Gasteiger partial charge in [0, 0.05) is 27.7 Å². The molecule has 3 N–H and O–H groups in total. The summed E-state index contributed by atoms with van der Waals surface area (Å²) in [6.45, 7) is 7.59. The second-order valence-electron chi connectivity index (χ2n) is 7.91. The maximum absolute atomic E-state index is 12.2. The molecule has 1 aliphatic carbocycles. The van der Waals surface area contributed by atoms with Crippen molar-refractivity contribution in [3.63, 3.8) is 0 Å². The van der Waals surface area contributed by atoms with E-state index >= 15 is 0 Å². The largest absolute Gasteiger partial charge is 0.450 e. The van der Waals surface area contributed by atoms with Crippen LogP contribution in [-0.4, -0.2) is 56.0 Å². The van der Waals surface area contributed by atoms with Crippen LogP contribution in [-0.2, 0) is 4.74 Å². The fourth-order valence-electron chi connectivity index (χ4n) is 2.93. The zero-order chi connectivity index (χ0) is 16.8. The molecular weight excluding hydrogens is 296 g/mol. The van der Waals surface area contributed by atoms with Crippen molar-refractivity contribution in [1.82, 2.24) is 4.90 Å². The minimum Gasteiger partial charge on any atom is -0.450 e. The van der Waals surface area contributed by atoms with Crippen molar-refractivity contribution in [2.24, 2.45) is 5.73 Å². The first-order valence-corrected chi connectivity index (χ1v) is 12.2. The Kier molecular flexibility index (Phi) is 7.35. The third-order valence-corrected chi connectivity index (χ3v) is 6.29. The van der Waals surface area contributed by atoms with Gasteiger partial charge in [-0.15, -0.1) is 0 Å². The number of aliphatic hydroxyl groups is 1. The molecule has 1 unspecified atom stereocenters. The SMILES string of the molecule is CN(C(=O)OCC[Si](C)(C)C)C(CN)CC1(O)CCCCC1. The van der Waals surface area contributed by atoms with Gasteiger partial charge in [-0.1, -0.05) is 38.9 Å². The van der Waals surface area contributed by atoms with Crippen LogP contribution in [0.5, 0.6) is 0 Å². The lowest BCUT2D eigenvalue weighted by Crippen LogP contribution is -2.48. The van der Waals surface area contributed by atoms with Crippen LogP contribution in [0, 0.1) is 0 Å². The molecule has 0 radical (unpaired) electrons. The van der Waals surface area contributed by atoms with Crippen molar-refractivity contribution in [2.45, 2.75) is 75.9 Å². The second-order valence-corrected chi connectivity index (χ2v) is 13.5. The summed E-state index contributed by atoms with van der Waals surface area (Å²) in [7, 11) is 0.521. The van der Waals surface area contributed by atoms with Gasteiger partial charge in [-0.05, 0) is 25.3 Å². The molecule has 1 atom stereocenters. The first-order valence-electron chi connectivity index (χ1n) is 8.49. The topological polar surface area (TPSA) is 75.8 Å². The van der Waals surface area contributed by atoms with E-state index in [-0.39, 0.29) is 12.1 Å². The molecule has 0 heterocycles. The monoisotopic (exact) mass is 330 g/mol. The Morgan fingerprint density at radius 3 is 2.41 bits per heavy atom. The molecule has 0 aromatic rings. The summed E-state index contributed by atoms with van der Waals surface area (Å²) in [5, 5.41) is 10.7. The summed E-state index contributed by atoms with van der Waals surface area (Å²) < 4.78 is 5.37. The van der Waals surface area contributed by atoms with Gasteiger partial charge >= 0.3 is 6.09 Å². The Bertz CT molecular complexity index is 352. The van der Waals surface area contributed by atoms with E-state index in [0.29, 0.717) is 19.6 Å². The Balaban J connectivity index is 2.48. The van der Waals surface area contributed by atoms with Crippen molar-refractivity contribution in [3.8, 4) is 0 Å². The van der Waals surface area contributed by atoms with Crippen LogP contribution in [0.25, 0.3) is 0 Å². The molecule has 1 rings (SSSR count). The average Bonchev–Trinajstić information content (AvgIpc) is 2.43. The molecule has 130 valence electrons. The van der Waals surface area contributed by atoms with E-state index in [0.717, 1.165) is 31.7 Å². The van der Waals surface area contributed by atoms with Gasteiger partial charge < -0.3 is 20.5 Å². The zero-order valence-electron chi connectivity index (χ0n) is 14.7. The number of likely N-dealkylation sites (N-methyl/N-ethyl adjacent to an activating group) is 1. The predicted octanol–water partition coefficient (Wildman–Crippen LogP) is 2.81. The minimum atomic E-state index is -1.20. The summed E-state index contributed by atoms with van der Waals surface area (Å²) in [6, 6.07) is 0.798. The molecule has 6 heteroatoms. The molecule has 0 saturated heterocycles. The van der Waals surface area contributed by atoms with Crippen molar-refractivity contribution >= 4 is 14.2 Å². The first-order chi connectivity index (χ1) is 10.2. The molecule has 0 aromatic heterocycles. The first kappa shape index (κ1) is 19.5. The average molecular weight is 331 g/mol. The van der Waals surface area contributed by atoms with Crippen LogP contribution in [0.2, 0.25) is 25.7 Å². The molecule has 1 fully saturated rings. The molecule has 0 spiro atoms. The molecule has 0 aromatic carbocycles. The summed E-state index contributed by atoms with van der Waals surface area (Å²) in [4.78, 5) is 13.7. The summed E-state index contributed by atoms with van der Waals surface area (Å²) in [6.07, 6.45) is 5.13. The lowest BCUT2D eigenvalue weighted by atomic mass is 9.80. The van der Waals surface area contributed by atoms with Crippen molar-refractivity contribution < 1.29 is 14.6 Å². The second kappa shape index (κ2) is 8.31. The van der Waals surface area contributed by atoms with Crippen LogP contribution in [0.15, 0.2) is 0 Å². The predicted molar refractivity (Wildman–Crippen MR) is 92.8 cm³/mol. The number of amides is 1. The van der Waals surface area contributed by atoms with Crippen molar-refractivity contribution in [1.29, 1.82) is 0 Å². The Hall–Kier alpha value is -0.593. The minimum absolute atomic E-state index is 0.164. The van der Waals surface area contributed by atoms with Crippen molar-refractivity contribution in [3.05, 3.63) is 0 Å². The van der Waals surface area contributed by atoms with E-state index in [1.54, 1.807) is 11.9 Å². The number of hydrogen-bond acceptors (Lipinski definition) is 4. The van der Waals surface area contributed by atoms with Crippen LogP contribution < -0.4 is 5.73 Å². The van der Waals surface area contributed by atoms with Gasteiger partial charge in [-0.3, -0.25) is 0 Å². The van der Waals surface area contributed by atoms with E-state index in [1.165, 1.54) is 6.42 Å². The van der Waals surface area contributed by atoms with Gasteiger partial charge in [0.25, 0.3) is 0 Å². The molecule has 1 saturated carbocycles. The van der Waals surface area contributed by atoms with E-state index < -0.39 is 13.7 Å². The van der Waals surface area contributed by atoms with Crippen LogP contribution in [0.1, 0.15) is 38.5 Å². The Morgan fingerprint density at radius 2 is 1.91 bits per heavy atom.